The van der Waals surface area contributed by atoms with Gasteiger partial charge in [0.15, 0.2) is 0 Å². The minimum Gasteiger partial charge on any atom is -0.302 e. The van der Waals surface area contributed by atoms with E-state index in [0.29, 0.717) is 23.6 Å². The van der Waals surface area contributed by atoms with Crippen LogP contribution in [0.5, 0.6) is 0 Å². The molecule has 2 aliphatic rings. The highest BCUT2D eigenvalue weighted by atomic mass is 35.5. The Balaban J connectivity index is 0.00000171. The third-order valence-corrected chi connectivity index (χ3v) is 6.88. The van der Waals surface area contributed by atoms with Crippen LogP contribution in [0, 0.1) is 5.92 Å². The average Bonchev–Trinajstić information content (AvgIpc) is 3.36. The highest BCUT2D eigenvalue weighted by molar-refractivity contribution is 5.85. The van der Waals surface area contributed by atoms with Gasteiger partial charge in [0.05, 0.1) is 11.1 Å². The van der Waals surface area contributed by atoms with Crippen molar-refractivity contribution in [3.63, 3.8) is 0 Å². The summed E-state index contributed by atoms with van der Waals surface area (Å²) in [5, 5.41) is 0. The Kier molecular flexibility index (Phi) is 7.83. The average molecular weight is 529 g/mol. The summed E-state index contributed by atoms with van der Waals surface area (Å²) in [4.78, 5) is 33.1. The number of H-pyrrole nitrogens is 1. The number of pyridine rings is 1. The number of likely N-dealkylation sites (tertiary alicyclic amines) is 1. The van der Waals surface area contributed by atoms with Crippen LogP contribution >= 0.6 is 24.8 Å². The number of aromatic nitrogens is 3. The Bertz CT molecular complexity index is 1280. The molecule has 3 aromatic rings. The van der Waals surface area contributed by atoms with Crippen LogP contribution in [0.15, 0.2) is 64.6 Å². The van der Waals surface area contributed by atoms with E-state index in [1.54, 1.807) is 42.9 Å². The summed E-state index contributed by atoms with van der Waals surface area (Å²) in [6.45, 7) is 2.95. The van der Waals surface area contributed by atoms with Crippen LogP contribution < -0.4 is 11.2 Å². The zero-order chi connectivity index (χ0) is 23.2. The molecule has 0 unspecified atom stereocenters. The number of aryl methyl sites for hydroxylation is 1. The highest BCUT2D eigenvalue weighted by Gasteiger charge is 2.60. The Morgan fingerprint density at radius 1 is 1.03 bits per heavy atom. The van der Waals surface area contributed by atoms with Gasteiger partial charge in [-0.15, -0.1) is 24.8 Å². The van der Waals surface area contributed by atoms with Crippen LogP contribution in [-0.4, -0.2) is 39.1 Å². The third kappa shape index (κ3) is 5.32. The first kappa shape index (κ1) is 27.0. The molecule has 1 aliphatic carbocycles. The van der Waals surface area contributed by atoms with Crippen LogP contribution in [0.1, 0.15) is 24.0 Å². The second kappa shape index (κ2) is 10.2. The quantitative estimate of drug-likeness (QED) is 0.522. The summed E-state index contributed by atoms with van der Waals surface area (Å²) < 4.78 is 40.1. The van der Waals surface area contributed by atoms with Crippen molar-refractivity contribution in [2.24, 2.45) is 5.92 Å². The summed E-state index contributed by atoms with van der Waals surface area (Å²) in [5.74, 6) is 0.461. The van der Waals surface area contributed by atoms with Gasteiger partial charge in [-0.3, -0.25) is 19.3 Å². The number of hydrogen-bond acceptors (Lipinski definition) is 4. The van der Waals surface area contributed by atoms with E-state index in [-0.39, 0.29) is 30.2 Å². The number of fused-ring (bicyclic) bond motifs is 1. The van der Waals surface area contributed by atoms with Gasteiger partial charge in [-0.05, 0) is 60.7 Å². The SMILES string of the molecule is Cl.Cl.O=c1[nH]c(=O)n(CCCN2C[C@@H]3C[C@]3(c3ccc(C(F)(F)F)cc3)C2)cc1-c1ccncc1. The van der Waals surface area contributed by atoms with Crippen molar-refractivity contribution in [2.45, 2.75) is 31.0 Å². The maximum absolute atomic E-state index is 12.9. The second-order valence-corrected chi connectivity index (χ2v) is 8.95. The van der Waals surface area contributed by atoms with Gasteiger partial charge in [-0.2, -0.15) is 13.2 Å². The number of hydrogen-bond donors (Lipinski definition) is 1. The first-order valence-corrected chi connectivity index (χ1v) is 10.9. The smallest absolute Gasteiger partial charge is 0.302 e. The van der Waals surface area contributed by atoms with Crippen molar-refractivity contribution in [3.05, 3.63) is 87.0 Å². The molecule has 1 N–H and O–H groups in total. The molecule has 0 spiro atoms. The molecule has 3 heterocycles. The van der Waals surface area contributed by atoms with Gasteiger partial charge >= 0.3 is 11.9 Å². The number of halogens is 5. The number of nitrogens with zero attached hydrogens (tertiary/aromatic N) is 3. The molecule has 11 heteroatoms. The van der Waals surface area contributed by atoms with E-state index in [1.807, 2.05) is 0 Å². The van der Waals surface area contributed by atoms with Crippen molar-refractivity contribution in [2.75, 3.05) is 19.6 Å². The van der Waals surface area contributed by atoms with Gasteiger partial charge in [0, 0.05) is 43.6 Å². The molecule has 0 radical (unpaired) electrons. The molecule has 6 nitrogen and oxygen atoms in total. The van der Waals surface area contributed by atoms with Crippen LogP contribution in [0.3, 0.4) is 0 Å². The number of rotatable bonds is 6. The predicted octanol–water partition coefficient (Wildman–Crippen LogP) is 4.12. The van der Waals surface area contributed by atoms with Gasteiger partial charge in [-0.1, -0.05) is 12.1 Å². The molecular weight excluding hydrogens is 504 g/mol. The Labute approximate surface area is 212 Å². The molecule has 1 saturated carbocycles. The molecule has 2 fully saturated rings. The van der Waals surface area contributed by atoms with E-state index >= 15 is 0 Å². The third-order valence-electron chi connectivity index (χ3n) is 6.88. The van der Waals surface area contributed by atoms with E-state index in [2.05, 4.69) is 14.9 Å². The zero-order valence-electron chi connectivity index (χ0n) is 18.6. The van der Waals surface area contributed by atoms with Gasteiger partial charge < -0.3 is 4.90 Å². The molecule has 1 aromatic carbocycles. The summed E-state index contributed by atoms with van der Waals surface area (Å²) in [7, 11) is 0. The highest BCUT2D eigenvalue weighted by Crippen LogP contribution is 2.59. The first-order valence-electron chi connectivity index (χ1n) is 10.9. The molecule has 1 saturated heterocycles. The molecule has 0 amide bonds. The van der Waals surface area contributed by atoms with Crippen molar-refractivity contribution in [1.82, 2.24) is 19.4 Å². The summed E-state index contributed by atoms with van der Waals surface area (Å²) in [5.41, 5.74) is 0.546. The zero-order valence-corrected chi connectivity index (χ0v) is 20.3. The fourth-order valence-corrected chi connectivity index (χ4v) is 5.07. The monoisotopic (exact) mass is 528 g/mol. The number of piperidine rings is 1. The lowest BCUT2D eigenvalue weighted by atomic mass is 9.94. The summed E-state index contributed by atoms with van der Waals surface area (Å²) in [6.07, 6.45) is 2.17. The van der Waals surface area contributed by atoms with Crippen molar-refractivity contribution >= 4 is 24.8 Å². The van der Waals surface area contributed by atoms with Gasteiger partial charge in [-0.25, -0.2) is 4.79 Å². The fraction of sp³-hybridized carbons (Fsp3) is 0.375. The Morgan fingerprint density at radius 2 is 1.71 bits per heavy atom. The minimum absolute atomic E-state index is 0. The Hall–Kier alpha value is -2.62. The van der Waals surface area contributed by atoms with Gasteiger partial charge in [0.1, 0.15) is 0 Å². The molecule has 0 bridgehead atoms. The second-order valence-electron chi connectivity index (χ2n) is 8.95. The molecule has 5 rings (SSSR count). The van der Waals surface area contributed by atoms with Crippen LogP contribution in [0.2, 0.25) is 0 Å². The van der Waals surface area contributed by atoms with Crippen molar-refractivity contribution in [3.8, 4) is 11.1 Å². The van der Waals surface area contributed by atoms with Crippen LogP contribution in [-0.2, 0) is 18.1 Å². The normalized spacial score (nSPS) is 21.1. The number of alkyl halides is 3. The maximum Gasteiger partial charge on any atom is 0.416 e. The lowest BCUT2D eigenvalue weighted by Gasteiger charge is -2.21. The molecular formula is C24H25Cl2F3N4O2. The van der Waals surface area contributed by atoms with Crippen LogP contribution in [0.25, 0.3) is 11.1 Å². The molecule has 35 heavy (non-hydrogen) atoms. The fourth-order valence-electron chi connectivity index (χ4n) is 5.07. The number of nitrogens with one attached hydrogen (secondary N) is 1. The van der Waals surface area contributed by atoms with Gasteiger partial charge in [0.2, 0.25) is 0 Å². The number of aromatic amines is 1. The van der Waals surface area contributed by atoms with Gasteiger partial charge in [0.25, 0.3) is 5.56 Å². The molecule has 1 aliphatic heterocycles. The van der Waals surface area contributed by atoms with E-state index in [1.165, 1.54) is 16.7 Å². The van der Waals surface area contributed by atoms with Crippen molar-refractivity contribution < 1.29 is 13.2 Å². The van der Waals surface area contributed by atoms with E-state index in [4.69, 9.17) is 0 Å². The van der Waals surface area contributed by atoms with Crippen LogP contribution in [0.4, 0.5) is 13.2 Å². The lowest BCUT2D eigenvalue weighted by Crippen LogP contribution is -2.32. The summed E-state index contributed by atoms with van der Waals surface area (Å²) >= 11 is 0. The number of benzene rings is 1. The first-order chi connectivity index (χ1) is 15.8. The van der Waals surface area contributed by atoms with Crippen molar-refractivity contribution in [1.29, 1.82) is 0 Å². The maximum atomic E-state index is 12.9. The molecule has 2 aromatic heterocycles. The Morgan fingerprint density at radius 3 is 2.37 bits per heavy atom. The molecule has 2 atom stereocenters. The van der Waals surface area contributed by atoms with E-state index < -0.39 is 23.0 Å². The molecule has 188 valence electrons. The predicted molar refractivity (Wildman–Crippen MR) is 131 cm³/mol. The van der Waals surface area contributed by atoms with E-state index in [9.17, 15) is 22.8 Å². The minimum atomic E-state index is -4.32. The summed E-state index contributed by atoms with van der Waals surface area (Å²) in [6, 6.07) is 9.02. The topological polar surface area (TPSA) is 71.0 Å². The largest absolute Gasteiger partial charge is 0.416 e. The standard InChI is InChI=1S/C24H23F3N4O2.2ClH/c25-24(26,27)18-4-2-17(3-5-18)23-12-19(23)13-30(15-23)10-1-11-31-14-20(21(32)29-22(31)33)16-6-8-28-9-7-16;;/h2-9,14,19H,1,10-13,15H2,(H,29,32,33);2*1H/t19-,23+;;/m0../s1. The van der Waals surface area contributed by atoms with E-state index in [0.717, 1.165) is 38.0 Å². The lowest BCUT2D eigenvalue weighted by molar-refractivity contribution is -0.137.